The lowest BCUT2D eigenvalue weighted by atomic mass is 10.1. The van der Waals surface area contributed by atoms with Crippen molar-refractivity contribution in [1.29, 1.82) is 0 Å². The molecule has 8 heteroatoms. The predicted molar refractivity (Wildman–Crippen MR) is 132 cm³/mol. The molecule has 0 aliphatic carbocycles. The monoisotopic (exact) mass is 495 g/mol. The number of rotatable bonds is 9. The van der Waals surface area contributed by atoms with Gasteiger partial charge in [-0.15, -0.1) is 0 Å². The summed E-state index contributed by atoms with van der Waals surface area (Å²) in [5.74, 6) is 1.40. The number of hydrogen-bond donors (Lipinski definition) is 0. The zero-order chi connectivity index (χ0) is 25.7. The summed E-state index contributed by atoms with van der Waals surface area (Å²) >= 11 is 0. The van der Waals surface area contributed by atoms with E-state index in [1.54, 1.807) is 13.1 Å². The first-order valence-electron chi connectivity index (χ1n) is 11.8. The third-order valence-corrected chi connectivity index (χ3v) is 5.99. The Morgan fingerprint density at radius 2 is 1.61 bits per heavy atom. The molecular formula is C28H28F3N3O2. The van der Waals surface area contributed by atoms with Crippen molar-refractivity contribution >= 4 is 0 Å². The molecule has 4 aromatic rings. The van der Waals surface area contributed by atoms with Crippen molar-refractivity contribution in [1.82, 2.24) is 14.3 Å². The van der Waals surface area contributed by atoms with Crippen LogP contribution in [0.15, 0.2) is 77.6 Å². The van der Waals surface area contributed by atoms with E-state index in [2.05, 4.69) is 24.2 Å². The summed E-state index contributed by atoms with van der Waals surface area (Å²) in [7, 11) is 1.63. The molecule has 0 spiro atoms. The molecule has 3 aromatic carbocycles. The molecule has 1 aromatic heterocycles. The van der Waals surface area contributed by atoms with E-state index in [9.17, 15) is 18.0 Å². The van der Waals surface area contributed by atoms with Crippen LogP contribution in [-0.2, 0) is 39.2 Å². The molecule has 0 amide bonds. The average Bonchev–Trinajstić information content (AvgIpc) is 3.11. The SMILES string of the molecule is Cc1cccc(COc2ccc(CCCc3nn(Cc4cccc(C(F)(F)F)c4)c(=O)n3C)cc2)c1. The normalized spacial score (nSPS) is 11.6. The maximum atomic E-state index is 13.0. The van der Waals surface area contributed by atoms with Crippen molar-refractivity contribution in [3.63, 3.8) is 0 Å². The summed E-state index contributed by atoms with van der Waals surface area (Å²) in [6.07, 6.45) is -2.28. The summed E-state index contributed by atoms with van der Waals surface area (Å²) in [6.45, 7) is 2.55. The van der Waals surface area contributed by atoms with Gasteiger partial charge in [-0.2, -0.15) is 18.3 Å². The van der Waals surface area contributed by atoms with Crippen LogP contribution < -0.4 is 10.4 Å². The zero-order valence-electron chi connectivity index (χ0n) is 20.3. The molecule has 0 fully saturated rings. The van der Waals surface area contributed by atoms with E-state index in [0.29, 0.717) is 24.4 Å². The second-order valence-electron chi connectivity index (χ2n) is 8.89. The smallest absolute Gasteiger partial charge is 0.416 e. The third-order valence-electron chi connectivity index (χ3n) is 5.99. The van der Waals surface area contributed by atoms with E-state index < -0.39 is 11.7 Å². The molecule has 188 valence electrons. The van der Waals surface area contributed by atoms with Crippen molar-refractivity contribution in [2.24, 2.45) is 7.05 Å². The Balaban J connectivity index is 1.31. The molecule has 0 unspecified atom stereocenters. The number of ether oxygens (including phenoxy) is 1. The van der Waals surface area contributed by atoms with Gasteiger partial charge >= 0.3 is 11.9 Å². The van der Waals surface area contributed by atoms with Crippen LogP contribution in [0.25, 0.3) is 0 Å². The van der Waals surface area contributed by atoms with Gasteiger partial charge in [0.15, 0.2) is 0 Å². The van der Waals surface area contributed by atoms with Gasteiger partial charge in [-0.25, -0.2) is 9.48 Å². The Labute approximate surface area is 207 Å². The van der Waals surface area contributed by atoms with Gasteiger partial charge in [-0.05, 0) is 60.7 Å². The number of aromatic nitrogens is 3. The molecule has 0 saturated carbocycles. The van der Waals surface area contributed by atoms with Crippen LogP contribution in [0.2, 0.25) is 0 Å². The van der Waals surface area contributed by atoms with Crippen molar-refractivity contribution in [3.05, 3.63) is 117 Å². The van der Waals surface area contributed by atoms with Crippen LogP contribution >= 0.6 is 0 Å². The lowest BCUT2D eigenvalue weighted by Gasteiger charge is -2.08. The van der Waals surface area contributed by atoms with E-state index >= 15 is 0 Å². The fraction of sp³-hybridized carbons (Fsp3) is 0.286. The molecular weight excluding hydrogens is 467 g/mol. The first-order chi connectivity index (χ1) is 17.2. The Morgan fingerprint density at radius 1 is 0.889 bits per heavy atom. The van der Waals surface area contributed by atoms with E-state index in [4.69, 9.17) is 4.74 Å². The highest BCUT2D eigenvalue weighted by Crippen LogP contribution is 2.29. The van der Waals surface area contributed by atoms with E-state index in [1.807, 2.05) is 36.4 Å². The van der Waals surface area contributed by atoms with Crippen molar-refractivity contribution < 1.29 is 17.9 Å². The van der Waals surface area contributed by atoms with Crippen molar-refractivity contribution in [2.45, 2.75) is 45.5 Å². The van der Waals surface area contributed by atoms with Gasteiger partial charge in [0.1, 0.15) is 18.2 Å². The van der Waals surface area contributed by atoms with Gasteiger partial charge < -0.3 is 4.74 Å². The largest absolute Gasteiger partial charge is 0.489 e. The second-order valence-corrected chi connectivity index (χ2v) is 8.89. The lowest BCUT2D eigenvalue weighted by Crippen LogP contribution is -2.24. The topological polar surface area (TPSA) is 49.1 Å². The van der Waals surface area contributed by atoms with Crippen LogP contribution in [0, 0.1) is 6.92 Å². The summed E-state index contributed by atoms with van der Waals surface area (Å²) < 4.78 is 47.5. The second kappa shape index (κ2) is 10.8. The molecule has 4 rings (SSSR count). The quantitative estimate of drug-likeness (QED) is 0.299. The van der Waals surface area contributed by atoms with Crippen LogP contribution in [0.5, 0.6) is 5.75 Å². The number of aryl methyl sites for hydroxylation is 3. The lowest BCUT2D eigenvalue weighted by molar-refractivity contribution is -0.137. The summed E-state index contributed by atoms with van der Waals surface area (Å²) in [5.41, 5.74) is 2.75. The fourth-order valence-corrected chi connectivity index (χ4v) is 4.04. The summed E-state index contributed by atoms with van der Waals surface area (Å²) in [4.78, 5) is 12.6. The molecule has 0 bridgehead atoms. The van der Waals surface area contributed by atoms with Crippen LogP contribution in [0.4, 0.5) is 13.2 Å². The molecule has 0 aliphatic heterocycles. The zero-order valence-corrected chi connectivity index (χ0v) is 20.3. The molecule has 36 heavy (non-hydrogen) atoms. The van der Waals surface area contributed by atoms with Crippen molar-refractivity contribution in [3.8, 4) is 5.75 Å². The third kappa shape index (κ3) is 6.44. The minimum atomic E-state index is -4.43. The highest BCUT2D eigenvalue weighted by atomic mass is 19.4. The number of benzene rings is 3. The van der Waals surface area contributed by atoms with Crippen LogP contribution in [0.1, 0.15) is 40.1 Å². The molecule has 0 saturated heterocycles. The Morgan fingerprint density at radius 3 is 2.33 bits per heavy atom. The maximum Gasteiger partial charge on any atom is 0.416 e. The number of halogens is 3. The number of alkyl halides is 3. The van der Waals surface area contributed by atoms with E-state index in [0.717, 1.165) is 41.9 Å². The van der Waals surface area contributed by atoms with Gasteiger partial charge in [0, 0.05) is 13.5 Å². The van der Waals surface area contributed by atoms with E-state index in [1.165, 1.54) is 20.9 Å². The van der Waals surface area contributed by atoms with E-state index in [-0.39, 0.29) is 12.2 Å². The molecule has 5 nitrogen and oxygen atoms in total. The summed E-state index contributed by atoms with van der Waals surface area (Å²) in [5, 5.41) is 4.37. The van der Waals surface area contributed by atoms with Gasteiger partial charge in [-0.1, -0.05) is 54.1 Å². The first kappa shape index (κ1) is 25.3. The molecule has 0 radical (unpaired) electrons. The number of hydrogen-bond acceptors (Lipinski definition) is 3. The minimum Gasteiger partial charge on any atom is -0.489 e. The standard InChI is InChI=1S/C28H28F3N3O2/c1-20-6-3-9-23(16-20)19-36-25-14-12-21(13-15-25)7-5-11-26-32-34(27(35)33(26)2)18-22-8-4-10-24(17-22)28(29,30)31/h3-4,6,8-10,12-17H,5,7,11,18-19H2,1-2H3. The Bertz CT molecular complexity index is 1370. The van der Waals surface area contributed by atoms with Gasteiger partial charge in [0.2, 0.25) is 0 Å². The molecule has 0 aliphatic rings. The molecule has 1 heterocycles. The molecule has 0 atom stereocenters. The van der Waals surface area contributed by atoms with Gasteiger partial charge in [0.25, 0.3) is 0 Å². The highest BCUT2D eigenvalue weighted by molar-refractivity contribution is 5.29. The fourth-order valence-electron chi connectivity index (χ4n) is 4.04. The first-order valence-corrected chi connectivity index (χ1v) is 11.8. The summed E-state index contributed by atoms with van der Waals surface area (Å²) in [6, 6.07) is 21.1. The predicted octanol–water partition coefficient (Wildman–Crippen LogP) is 5.71. The highest BCUT2D eigenvalue weighted by Gasteiger charge is 2.30. The Hall–Kier alpha value is -3.81. The minimum absolute atomic E-state index is 0.0133. The number of nitrogens with zero attached hydrogens (tertiary/aromatic N) is 3. The van der Waals surface area contributed by atoms with Gasteiger partial charge in [-0.3, -0.25) is 4.57 Å². The van der Waals surface area contributed by atoms with Crippen LogP contribution in [-0.4, -0.2) is 14.3 Å². The van der Waals surface area contributed by atoms with Crippen molar-refractivity contribution in [2.75, 3.05) is 0 Å². The molecule has 0 N–H and O–H groups in total. The van der Waals surface area contributed by atoms with Gasteiger partial charge in [0.05, 0.1) is 12.1 Å². The average molecular weight is 496 g/mol. The Kier molecular flexibility index (Phi) is 7.62. The maximum absolute atomic E-state index is 13.0. The van der Waals surface area contributed by atoms with Crippen LogP contribution in [0.3, 0.4) is 0 Å².